The molecule has 2 unspecified atom stereocenters. The van der Waals surface area contributed by atoms with Gasteiger partial charge in [-0.05, 0) is 44.4 Å². The quantitative estimate of drug-likeness (QED) is 0.896. The minimum absolute atomic E-state index is 0.527. The number of rotatable bonds is 3. The summed E-state index contributed by atoms with van der Waals surface area (Å²) in [7, 11) is 0. The minimum atomic E-state index is 0.527. The lowest BCUT2D eigenvalue weighted by molar-refractivity contribution is 0.257. The van der Waals surface area contributed by atoms with Gasteiger partial charge in [-0.1, -0.05) is 27.5 Å². The molecule has 1 saturated carbocycles. The van der Waals surface area contributed by atoms with Gasteiger partial charge in [-0.15, -0.1) is 0 Å². The number of anilines is 1. The van der Waals surface area contributed by atoms with Gasteiger partial charge in [0.05, 0.1) is 10.7 Å². The molecule has 2 fully saturated rings. The number of likely N-dealkylation sites (tertiary alicyclic amines) is 1. The maximum Gasteiger partial charge on any atom is 0.0648 e. The fourth-order valence-corrected chi connectivity index (χ4v) is 3.63. The third kappa shape index (κ3) is 2.68. The summed E-state index contributed by atoms with van der Waals surface area (Å²) in [5.74, 6) is 0. The lowest BCUT2D eigenvalue weighted by Crippen LogP contribution is -2.31. The Labute approximate surface area is 122 Å². The third-order valence-electron chi connectivity index (χ3n) is 3.93. The number of nitrogens with one attached hydrogen (secondary N) is 1. The second-order valence-corrected chi connectivity index (χ2v) is 6.80. The highest BCUT2D eigenvalue weighted by Crippen LogP contribution is 2.35. The number of hydrogen-bond donors (Lipinski definition) is 1. The predicted molar refractivity (Wildman–Crippen MR) is 80.4 cm³/mol. The summed E-state index contributed by atoms with van der Waals surface area (Å²) < 4.78 is 1.03. The first-order valence-electron chi connectivity index (χ1n) is 6.61. The fourth-order valence-electron chi connectivity index (χ4n) is 2.90. The van der Waals surface area contributed by atoms with Crippen LogP contribution in [0.25, 0.3) is 0 Å². The van der Waals surface area contributed by atoms with Crippen molar-refractivity contribution >= 4 is 33.2 Å². The SMILES string of the molecule is CC1CC(Nc2ccc(Br)cc2Cl)CN1C1CC1. The van der Waals surface area contributed by atoms with Crippen LogP contribution in [-0.4, -0.2) is 29.6 Å². The highest BCUT2D eigenvalue weighted by Gasteiger charge is 2.38. The Bertz CT molecular complexity index is 447. The molecule has 0 radical (unpaired) electrons. The van der Waals surface area contributed by atoms with Crippen molar-refractivity contribution in [2.45, 2.75) is 44.3 Å². The molecule has 1 aromatic carbocycles. The molecule has 2 nitrogen and oxygen atoms in total. The molecule has 0 spiro atoms. The van der Waals surface area contributed by atoms with Crippen LogP contribution < -0.4 is 5.32 Å². The molecule has 2 aliphatic rings. The normalized spacial score (nSPS) is 28.6. The van der Waals surface area contributed by atoms with Crippen molar-refractivity contribution in [3.8, 4) is 0 Å². The Balaban J connectivity index is 1.66. The standard InChI is InChI=1S/C14H18BrClN2/c1-9-6-11(8-18(9)12-3-4-12)17-14-5-2-10(15)7-13(14)16/h2,5,7,9,11-12,17H,3-4,6,8H2,1H3. The average Bonchev–Trinajstić information content (AvgIpc) is 3.08. The minimum Gasteiger partial charge on any atom is -0.380 e. The van der Waals surface area contributed by atoms with Crippen LogP contribution >= 0.6 is 27.5 Å². The second-order valence-electron chi connectivity index (χ2n) is 5.48. The fraction of sp³-hybridized carbons (Fsp3) is 0.571. The molecule has 98 valence electrons. The van der Waals surface area contributed by atoms with Gasteiger partial charge in [-0.3, -0.25) is 4.90 Å². The molecule has 1 heterocycles. The van der Waals surface area contributed by atoms with E-state index >= 15 is 0 Å². The van der Waals surface area contributed by atoms with E-state index in [1.165, 1.54) is 19.3 Å². The summed E-state index contributed by atoms with van der Waals surface area (Å²) in [5, 5.41) is 4.38. The van der Waals surface area contributed by atoms with Crippen LogP contribution in [0, 0.1) is 0 Å². The van der Waals surface area contributed by atoms with Crippen LogP contribution in [0.3, 0.4) is 0 Å². The average molecular weight is 330 g/mol. The van der Waals surface area contributed by atoms with E-state index in [0.717, 1.165) is 27.8 Å². The molecular formula is C14H18BrClN2. The third-order valence-corrected chi connectivity index (χ3v) is 4.74. The first-order valence-corrected chi connectivity index (χ1v) is 7.78. The number of halogens is 2. The Morgan fingerprint density at radius 2 is 2.17 bits per heavy atom. The van der Waals surface area contributed by atoms with Gasteiger partial charge in [0.1, 0.15) is 0 Å². The van der Waals surface area contributed by atoms with Crippen LogP contribution in [0.1, 0.15) is 26.2 Å². The molecule has 18 heavy (non-hydrogen) atoms. The van der Waals surface area contributed by atoms with E-state index in [-0.39, 0.29) is 0 Å². The van der Waals surface area contributed by atoms with E-state index in [0.29, 0.717) is 12.1 Å². The molecule has 1 N–H and O–H groups in total. The van der Waals surface area contributed by atoms with Gasteiger partial charge in [-0.2, -0.15) is 0 Å². The highest BCUT2D eigenvalue weighted by atomic mass is 79.9. The van der Waals surface area contributed by atoms with Crippen molar-refractivity contribution in [2.24, 2.45) is 0 Å². The molecule has 3 rings (SSSR count). The Hall–Kier alpha value is -0.250. The highest BCUT2D eigenvalue weighted by molar-refractivity contribution is 9.10. The summed E-state index contributed by atoms with van der Waals surface area (Å²) in [6.45, 7) is 3.49. The topological polar surface area (TPSA) is 15.3 Å². The maximum absolute atomic E-state index is 6.25. The van der Waals surface area contributed by atoms with Gasteiger partial charge in [0.15, 0.2) is 0 Å². The summed E-state index contributed by atoms with van der Waals surface area (Å²) in [5.41, 5.74) is 1.05. The first kappa shape index (κ1) is 12.8. The van der Waals surface area contributed by atoms with E-state index in [9.17, 15) is 0 Å². The number of hydrogen-bond acceptors (Lipinski definition) is 2. The van der Waals surface area contributed by atoms with Crippen molar-refractivity contribution in [1.29, 1.82) is 0 Å². The molecule has 0 aromatic heterocycles. The van der Waals surface area contributed by atoms with E-state index in [1.807, 2.05) is 12.1 Å². The van der Waals surface area contributed by atoms with E-state index in [2.05, 4.69) is 39.1 Å². The van der Waals surface area contributed by atoms with E-state index in [1.54, 1.807) is 0 Å². The number of nitrogens with zero attached hydrogens (tertiary/aromatic N) is 1. The summed E-state index contributed by atoms with van der Waals surface area (Å²) in [4.78, 5) is 2.64. The maximum atomic E-state index is 6.25. The van der Waals surface area contributed by atoms with Gasteiger partial charge in [0, 0.05) is 29.1 Å². The van der Waals surface area contributed by atoms with Gasteiger partial charge in [0.2, 0.25) is 0 Å². The Morgan fingerprint density at radius 3 is 2.83 bits per heavy atom. The molecular weight excluding hydrogens is 312 g/mol. The largest absolute Gasteiger partial charge is 0.380 e. The molecule has 4 heteroatoms. The first-order chi connectivity index (χ1) is 8.63. The smallest absolute Gasteiger partial charge is 0.0648 e. The summed E-state index contributed by atoms with van der Waals surface area (Å²) in [6, 6.07) is 8.11. The molecule has 2 atom stereocenters. The van der Waals surface area contributed by atoms with E-state index in [4.69, 9.17) is 11.6 Å². The Kier molecular flexibility index (Phi) is 3.57. The van der Waals surface area contributed by atoms with E-state index < -0.39 is 0 Å². The van der Waals surface area contributed by atoms with Crippen LogP contribution in [0.2, 0.25) is 5.02 Å². The second kappa shape index (κ2) is 5.03. The van der Waals surface area contributed by atoms with Crippen LogP contribution in [0.15, 0.2) is 22.7 Å². The Morgan fingerprint density at radius 1 is 1.39 bits per heavy atom. The zero-order chi connectivity index (χ0) is 12.7. The zero-order valence-electron chi connectivity index (χ0n) is 10.5. The molecule has 0 amide bonds. The summed E-state index contributed by atoms with van der Waals surface area (Å²) in [6.07, 6.45) is 3.98. The van der Waals surface area contributed by atoms with Crippen molar-refractivity contribution in [1.82, 2.24) is 4.90 Å². The number of benzene rings is 1. The lowest BCUT2D eigenvalue weighted by atomic mass is 10.2. The molecule has 1 aromatic rings. The lowest BCUT2D eigenvalue weighted by Gasteiger charge is -2.20. The van der Waals surface area contributed by atoms with Gasteiger partial charge >= 0.3 is 0 Å². The van der Waals surface area contributed by atoms with Gasteiger partial charge in [0.25, 0.3) is 0 Å². The van der Waals surface area contributed by atoms with Crippen molar-refractivity contribution in [2.75, 3.05) is 11.9 Å². The van der Waals surface area contributed by atoms with Crippen LogP contribution in [-0.2, 0) is 0 Å². The van der Waals surface area contributed by atoms with Crippen LogP contribution in [0.4, 0.5) is 5.69 Å². The summed E-state index contributed by atoms with van der Waals surface area (Å²) >= 11 is 9.68. The van der Waals surface area contributed by atoms with Crippen molar-refractivity contribution < 1.29 is 0 Å². The van der Waals surface area contributed by atoms with Crippen LogP contribution in [0.5, 0.6) is 0 Å². The van der Waals surface area contributed by atoms with Gasteiger partial charge in [-0.25, -0.2) is 0 Å². The monoisotopic (exact) mass is 328 g/mol. The molecule has 0 bridgehead atoms. The molecule has 1 aliphatic carbocycles. The zero-order valence-corrected chi connectivity index (χ0v) is 12.8. The predicted octanol–water partition coefficient (Wildman–Crippen LogP) is 4.14. The van der Waals surface area contributed by atoms with Gasteiger partial charge < -0.3 is 5.32 Å². The molecule has 1 aliphatic heterocycles. The van der Waals surface area contributed by atoms with Crippen molar-refractivity contribution in [3.05, 3.63) is 27.7 Å². The van der Waals surface area contributed by atoms with Crippen molar-refractivity contribution in [3.63, 3.8) is 0 Å². The molecule has 1 saturated heterocycles.